The van der Waals surface area contributed by atoms with Gasteiger partial charge in [0.25, 0.3) is 0 Å². The van der Waals surface area contributed by atoms with Crippen molar-refractivity contribution in [2.75, 3.05) is 12.0 Å². The average molecular weight is 397 g/mol. The number of nitrogens with one attached hydrogen (secondary N) is 1. The van der Waals surface area contributed by atoms with Crippen LogP contribution in [-0.4, -0.2) is 25.0 Å². The second-order valence-electron chi connectivity index (χ2n) is 6.78. The first-order chi connectivity index (χ1) is 13.6. The zero-order valence-electron chi connectivity index (χ0n) is 15.9. The van der Waals surface area contributed by atoms with E-state index in [0.717, 1.165) is 30.6 Å². The Hall–Kier alpha value is -2.78. The summed E-state index contributed by atoms with van der Waals surface area (Å²) in [6, 6.07) is 10.1. The van der Waals surface area contributed by atoms with Gasteiger partial charge >= 0.3 is 5.91 Å². The van der Waals surface area contributed by atoms with Crippen molar-refractivity contribution in [3.05, 3.63) is 46.7 Å². The van der Waals surface area contributed by atoms with Crippen molar-refractivity contribution in [3.63, 3.8) is 0 Å². The van der Waals surface area contributed by atoms with Gasteiger partial charge in [-0.3, -0.25) is 14.5 Å². The van der Waals surface area contributed by atoms with E-state index in [9.17, 15) is 9.59 Å². The fraction of sp³-hybridized carbons (Fsp3) is 0.364. The minimum absolute atomic E-state index is 0.136. The Morgan fingerprint density at radius 2 is 2.04 bits per heavy atom. The van der Waals surface area contributed by atoms with Gasteiger partial charge in [-0.2, -0.15) is 0 Å². The summed E-state index contributed by atoms with van der Waals surface area (Å²) in [7, 11) is 1.55. The van der Waals surface area contributed by atoms with Crippen LogP contribution in [0, 0.1) is 12.3 Å². The molecule has 146 valence electrons. The van der Waals surface area contributed by atoms with E-state index in [1.165, 1.54) is 22.7 Å². The Labute approximate surface area is 169 Å². The minimum Gasteiger partial charge on any atom is -0.497 e. The van der Waals surface area contributed by atoms with Crippen molar-refractivity contribution >= 4 is 28.8 Å². The van der Waals surface area contributed by atoms with Crippen LogP contribution in [0.3, 0.4) is 0 Å². The number of anilines is 1. The average Bonchev–Trinajstić information content (AvgIpc) is 3.26. The molecule has 1 N–H and O–H groups in total. The summed E-state index contributed by atoms with van der Waals surface area (Å²) in [4.78, 5) is 28.2. The van der Waals surface area contributed by atoms with Crippen LogP contribution in [-0.2, 0) is 9.59 Å². The molecule has 1 fully saturated rings. The summed E-state index contributed by atoms with van der Waals surface area (Å²) in [6.07, 6.45) is 10.8. The van der Waals surface area contributed by atoms with Crippen molar-refractivity contribution in [1.29, 1.82) is 0 Å². The molecule has 1 atom stereocenters. The Kier molecular flexibility index (Phi) is 6.72. The number of ether oxygens (including phenoxy) is 1. The Bertz CT molecular complexity index is 851. The molecule has 28 heavy (non-hydrogen) atoms. The van der Waals surface area contributed by atoms with E-state index in [2.05, 4.69) is 11.2 Å². The maximum absolute atomic E-state index is 13.3. The van der Waals surface area contributed by atoms with Crippen LogP contribution in [0.15, 0.2) is 41.8 Å². The first-order valence-corrected chi connectivity index (χ1v) is 10.3. The van der Waals surface area contributed by atoms with Crippen molar-refractivity contribution in [2.45, 2.75) is 44.2 Å². The summed E-state index contributed by atoms with van der Waals surface area (Å²) in [6.45, 7) is 0. The van der Waals surface area contributed by atoms with E-state index in [1.54, 1.807) is 31.4 Å². The summed E-state index contributed by atoms with van der Waals surface area (Å²) < 4.78 is 5.28. The lowest BCUT2D eigenvalue weighted by Gasteiger charge is -2.31. The zero-order valence-corrected chi connectivity index (χ0v) is 16.7. The number of hydrogen-bond acceptors (Lipinski definition) is 4. The number of carbonyl (C=O) groups excluding carboxylic acids is 2. The molecule has 0 aliphatic heterocycles. The zero-order chi connectivity index (χ0) is 19.9. The predicted octanol–water partition coefficient (Wildman–Crippen LogP) is 3.91. The first-order valence-electron chi connectivity index (χ1n) is 9.41. The van der Waals surface area contributed by atoms with Gasteiger partial charge in [0.2, 0.25) is 5.91 Å². The molecule has 0 spiro atoms. The van der Waals surface area contributed by atoms with Crippen LogP contribution in [0.4, 0.5) is 5.69 Å². The normalized spacial score (nSPS) is 15.3. The van der Waals surface area contributed by atoms with E-state index in [0.29, 0.717) is 11.4 Å². The van der Waals surface area contributed by atoms with Crippen LogP contribution in [0.2, 0.25) is 0 Å². The summed E-state index contributed by atoms with van der Waals surface area (Å²) in [5.74, 6) is 1.99. The monoisotopic (exact) mass is 396 g/mol. The van der Waals surface area contributed by atoms with Gasteiger partial charge in [0, 0.05) is 22.7 Å². The molecule has 3 rings (SSSR count). The highest BCUT2D eigenvalue weighted by Gasteiger charge is 2.34. The molecular formula is C22H24N2O3S. The highest BCUT2D eigenvalue weighted by molar-refractivity contribution is 7.10. The van der Waals surface area contributed by atoms with Gasteiger partial charge in [-0.15, -0.1) is 17.8 Å². The van der Waals surface area contributed by atoms with Gasteiger partial charge in [0.15, 0.2) is 6.04 Å². The molecule has 1 aromatic heterocycles. The van der Waals surface area contributed by atoms with E-state index in [-0.39, 0.29) is 11.9 Å². The van der Waals surface area contributed by atoms with E-state index in [4.69, 9.17) is 11.2 Å². The summed E-state index contributed by atoms with van der Waals surface area (Å²) >= 11 is 1.43. The highest BCUT2D eigenvalue weighted by atomic mass is 32.1. The Morgan fingerprint density at radius 1 is 1.25 bits per heavy atom. The molecule has 1 heterocycles. The highest BCUT2D eigenvalue weighted by Crippen LogP contribution is 2.33. The lowest BCUT2D eigenvalue weighted by atomic mass is 9.95. The van der Waals surface area contributed by atoms with Gasteiger partial charge in [0.1, 0.15) is 5.75 Å². The number of benzene rings is 1. The first kappa shape index (κ1) is 20.0. The molecule has 2 amide bonds. The van der Waals surface area contributed by atoms with Crippen LogP contribution >= 0.6 is 11.3 Å². The standard InChI is InChI=1S/C22H24N2O3S/c1-3-20(25)24(17-11-7-12-18(15-17)27-2)21(19-13-8-14-28-19)22(26)23-16-9-5-4-6-10-16/h1,7-8,11-16,21H,4-6,9-10H2,2H3,(H,23,26). The molecule has 1 aliphatic carbocycles. The van der Waals surface area contributed by atoms with Gasteiger partial charge in [-0.25, -0.2) is 0 Å². The van der Waals surface area contributed by atoms with Gasteiger partial charge in [0.05, 0.1) is 7.11 Å². The fourth-order valence-electron chi connectivity index (χ4n) is 3.56. The number of hydrogen-bond donors (Lipinski definition) is 1. The van der Waals surface area contributed by atoms with Crippen LogP contribution in [0.25, 0.3) is 0 Å². The van der Waals surface area contributed by atoms with E-state index < -0.39 is 11.9 Å². The Morgan fingerprint density at radius 3 is 2.68 bits per heavy atom. The molecule has 2 aromatic rings. The van der Waals surface area contributed by atoms with Crippen LogP contribution in [0.5, 0.6) is 5.75 Å². The molecule has 0 bridgehead atoms. The number of carbonyl (C=O) groups is 2. The molecule has 5 nitrogen and oxygen atoms in total. The molecule has 0 radical (unpaired) electrons. The largest absolute Gasteiger partial charge is 0.497 e. The lowest BCUT2D eigenvalue weighted by molar-refractivity contribution is -0.125. The molecule has 1 aromatic carbocycles. The topological polar surface area (TPSA) is 58.6 Å². The third-order valence-corrected chi connectivity index (χ3v) is 5.87. The number of amides is 2. The fourth-order valence-corrected chi connectivity index (χ4v) is 4.37. The number of nitrogens with zero attached hydrogens (tertiary/aromatic N) is 1. The maximum atomic E-state index is 13.3. The summed E-state index contributed by atoms with van der Waals surface area (Å²) in [5.41, 5.74) is 0.527. The minimum atomic E-state index is -0.822. The van der Waals surface area contributed by atoms with Gasteiger partial charge < -0.3 is 10.1 Å². The van der Waals surface area contributed by atoms with Crippen molar-refractivity contribution in [3.8, 4) is 18.1 Å². The van der Waals surface area contributed by atoms with Crippen LogP contribution < -0.4 is 15.0 Å². The smallest absolute Gasteiger partial charge is 0.303 e. The van der Waals surface area contributed by atoms with Crippen molar-refractivity contribution in [1.82, 2.24) is 5.32 Å². The lowest BCUT2D eigenvalue weighted by Crippen LogP contribution is -2.46. The number of terminal acetylenes is 1. The summed E-state index contributed by atoms with van der Waals surface area (Å²) in [5, 5.41) is 5.03. The second-order valence-corrected chi connectivity index (χ2v) is 7.76. The number of methoxy groups -OCH3 is 1. The van der Waals surface area contributed by atoms with E-state index >= 15 is 0 Å². The molecule has 6 heteroatoms. The Balaban J connectivity index is 1.98. The van der Waals surface area contributed by atoms with Gasteiger partial charge in [-0.05, 0) is 42.3 Å². The number of thiophene rings is 1. The third-order valence-electron chi connectivity index (χ3n) is 4.94. The van der Waals surface area contributed by atoms with E-state index in [1.807, 2.05) is 17.5 Å². The molecule has 1 unspecified atom stereocenters. The molecule has 1 saturated carbocycles. The number of rotatable bonds is 6. The predicted molar refractivity (Wildman–Crippen MR) is 111 cm³/mol. The van der Waals surface area contributed by atoms with Gasteiger partial charge in [-0.1, -0.05) is 31.4 Å². The third kappa shape index (κ3) is 4.55. The second kappa shape index (κ2) is 9.43. The van der Waals surface area contributed by atoms with Crippen LogP contribution in [0.1, 0.15) is 43.0 Å². The quantitative estimate of drug-likeness (QED) is 0.753. The maximum Gasteiger partial charge on any atom is 0.303 e. The SMILES string of the molecule is C#CC(=O)N(c1cccc(OC)c1)C(C(=O)NC1CCCCC1)c1cccs1. The molecule has 1 aliphatic rings. The molecule has 0 saturated heterocycles. The van der Waals surface area contributed by atoms with Crippen molar-refractivity contribution in [2.24, 2.45) is 0 Å². The molecular weight excluding hydrogens is 372 g/mol. The van der Waals surface area contributed by atoms with Crippen molar-refractivity contribution < 1.29 is 14.3 Å².